The van der Waals surface area contributed by atoms with Crippen LogP contribution >= 0.6 is 11.3 Å². The number of hydrogen-bond donors (Lipinski definition) is 2. The van der Waals surface area contributed by atoms with Gasteiger partial charge in [-0.05, 0) is 67.6 Å². The van der Waals surface area contributed by atoms with E-state index in [-0.39, 0.29) is 17.9 Å². The number of anilines is 1. The number of carbonyl (C=O) groups is 1. The van der Waals surface area contributed by atoms with Crippen LogP contribution in [0.4, 0.5) is 5.69 Å². The fourth-order valence-electron chi connectivity index (χ4n) is 4.22. The molecule has 0 saturated carbocycles. The number of aromatic nitrogens is 2. The first-order chi connectivity index (χ1) is 16.6. The number of aromatic amines is 1. The SMILES string of the molecule is COc1ccccc1Oc1ccc(NC(=O)CCc2nc3sc4c(c3c(=O)[nH]2)CCCC4)cc1. The molecule has 5 rings (SSSR count). The predicted octanol–water partition coefficient (Wildman–Crippen LogP) is 5.24. The number of rotatable bonds is 7. The maximum Gasteiger partial charge on any atom is 0.259 e. The first kappa shape index (κ1) is 22.2. The highest BCUT2D eigenvalue weighted by molar-refractivity contribution is 7.18. The number of carbonyl (C=O) groups excluding carboxylic acids is 1. The molecule has 2 heterocycles. The molecule has 34 heavy (non-hydrogen) atoms. The third kappa shape index (κ3) is 4.68. The van der Waals surface area contributed by atoms with Crippen LogP contribution in [0.25, 0.3) is 10.2 Å². The summed E-state index contributed by atoms with van der Waals surface area (Å²) < 4.78 is 11.2. The van der Waals surface area contributed by atoms with Gasteiger partial charge in [-0.2, -0.15) is 0 Å². The van der Waals surface area contributed by atoms with Crippen molar-refractivity contribution in [3.63, 3.8) is 0 Å². The molecule has 2 aromatic carbocycles. The summed E-state index contributed by atoms with van der Waals surface area (Å²) >= 11 is 1.62. The van der Waals surface area contributed by atoms with Crippen molar-refractivity contribution in [3.8, 4) is 17.2 Å². The molecule has 0 aliphatic heterocycles. The van der Waals surface area contributed by atoms with Gasteiger partial charge in [0.2, 0.25) is 5.91 Å². The second-order valence-electron chi connectivity index (χ2n) is 8.23. The summed E-state index contributed by atoms with van der Waals surface area (Å²) in [5.41, 5.74) is 1.74. The van der Waals surface area contributed by atoms with E-state index in [2.05, 4.69) is 15.3 Å². The van der Waals surface area contributed by atoms with Gasteiger partial charge in [-0.1, -0.05) is 12.1 Å². The number of thiophene rings is 1. The van der Waals surface area contributed by atoms with E-state index < -0.39 is 0 Å². The highest BCUT2D eigenvalue weighted by Crippen LogP contribution is 2.34. The van der Waals surface area contributed by atoms with E-state index >= 15 is 0 Å². The number of fused-ring (bicyclic) bond motifs is 3. The van der Waals surface area contributed by atoms with Crippen molar-refractivity contribution in [1.82, 2.24) is 9.97 Å². The molecule has 0 spiro atoms. The van der Waals surface area contributed by atoms with Crippen LogP contribution in [0, 0.1) is 0 Å². The van der Waals surface area contributed by atoms with Crippen LogP contribution in [0.2, 0.25) is 0 Å². The predicted molar refractivity (Wildman–Crippen MR) is 133 cm³/mol. The Hall–Kier alpha value is -3.65. The Bertz CT molecular complexity index is 1390. The molecule has 7 nitrogen and oxygen atoms in total. The van der Waals surface area contributed by atoms with Crippen LogP contribution < -0.4 is 20.3 Å². The van der Waals surface area contributed by atoms with Gasteiger partial charge in [0, 0.05) is 23.4 Å². The summed E-state index contributed by atoms with van der Waals surface area (Å²) in [6, 6.07) is 14.5. The molecule has 1 aliphatic carbocycles. The summed E-state index contributed by atoms with van der Waals surface area (Å²) in [7, 11) is 1.60. The van der Waals surface area contributed by atoms with Crippen molar-refractivity contribution in [1.29, 1.82) is 0 Å². The number of methoxy groups -OCH3 is 1. The Balaban J connectivity index is 1.20. The van der Waals surface area contributed by atoms with Crippen LogP contribution in [0.1, 0.15) is 35.5 Å². The summed E-state index contributed by atoms with van der Waals surface area (Å²) in [4.78, 5) is 34.7. The summed E-state index contributed by atoms with van der Waals surface area (Å²) in [5, 5.41) is 3.62. The van der Waals surface area contributed by atoms with Gasteiger partial charge in [-0.3, -0.25) is 9.59 Å². The summed E-state index contributed by atoms with van der Waals surface area (Å²) in [6.45, 7) is 0. The third-order valence-corrected chi connectivity index (χ3v) is 7.08. The lowest BCUT2D eigenvalue weighted by atomic mass is 9.97. The second-order valence-corrected chi connectivity index (χ2v) is 9.31. The molecule has 0 unspecified atom stereocenters. The molecule has 0 radical (unpaired) electrons. The fraction of sp³-hybridized carbons (Fsp3) is 0.269. The lowest BCUT2D eigenvalue weighted by Gasteiger charge is -2.11. The quantitative estimate of drug-likeness (QED) is 0.382. The van der Waals surface area contributed by atoms with Crippen LogP contribution in [0.5, 0.6) is 17.2 Å². The monoisotopic (exact) mass is 475 g/mol. The lowest BCUT2D eigenvalue weighted by molar-refractivity contribution is -0.116. The molecule has 0 saturated heterocycles. The lowest BCUT2D eigenvalue weighted by Crippen LogP contribution is -2.16. The van der Waals surface area contributed by atoms with Gasteiger partial charge in [0.15, 0.2) is 11.5 Å². The minimum absolute atomic E-state index is 0.0922. The van der Waals surface area contributed by atoms with Crippen molar-refractivity contribution >= 4 is 33.1 Å². The van der Waals surface area contributed by atoms with Gasteiger partial charge in [0.25, 0.3) is 5.56 Å². The number of nitrogens with one attached hydrogen (secondary N) is 2. The first-order valence-corrected chi connectivity index (χ1v) is 12.2. The molecule has 0 bridgehead atoms. The first-order valence-electron chi connectivity index (χ1n) is 11.3. The van der Waals surface area contributed by atoms with Crippen LogP contribution in [0.3, 0.4) is 0 Å². The zero-order valence-corrected chi connectivity index (χ0v) is 19.7. The Kier molecular flexibility index (Phi) is 6.31. The minimum Gasteiger partial charge on any atom is -0.493 e. The molecule has 1 amide bonds. The number of ether oxygens (including phenoxy) is 2. The van der Waals surface area contributed by atoms with Crippen molar-refractivity contribution < 1.29 is 14.3 Å². The normalized spacial score (nSPS) is 12.9. The van der Waals surface area contributed by atoms with E-state index in [4.69, 9.17) is 9.47 Å². The number of hydrogen-bond acceptors (Lipinski definition) is 6. The van der Waals surface area contributed by atoms with Gasteiger partial charge >= 0.3 is 0 Å². The third-order valence-electron chi connectivity index (χ3n) is 5.90. The zero-order chi connectivity index (χ0) is 23.5. The van der Waals surface area contributed by atoms with E-state index in [0.29, 0.717) is 35.2 Å². The molecular weight excluding hydrogens is 450 g/mol. The molecule has 8 heteroatoms. The van der Waals surface area contributed by atoms with Crippen molar-refractivity contribution in [2.45, 2.75) is 38.5 Å². The fourth-order valence-corrected chi connectivity index (χ4v) is 5.50. The topological polar surface area (TPSA) is 93.3 Å². The van der Waals surface area contributed by atoms with Crippen LogP contribution in [-0.2, 0) is 24.1 Å². The van der Waals surface area contributed by atoms with E-state index in [9.17, 15) is 9.59 Å². The van der Waals surface area contributed by atoms with E-state index in [1.165, 1.54) is 10.4 Å². The summed E-state index contributed by atoms with van der Waals surface area (Å²) in [6.07, 6.45) is 4.85. The highest BCUT2D eigenvalue weighted by Gasteiger charge is 2.20. The number of H-pyrrole nitrogens is 1. The zero-order valence-electron chi connectivity index (χ0n) is 18.8. The maximum atomic E-state index is 12.7. The van der Waals surface area contributed by atoms with Gasteiger partial charge in [-0.25, -0.2) is 4.98 Å². The maximum absolute atomic E-state index is 12.7. The number of aryl methyl sites for hydroxylation is 3. The van der Waals surface area contributed by atoms with Gasteiger partial charge in [0.1, 0.15) is 16.4 Å². The minimum atomic E-state index is -0.147. The van der Waals surface area contributed by atoms with Crippen LogP contribution in [-0.4, -0.2) is 23.0 Å². The van der Waals surface area contributed by atoms with Crippen molar-refractivity contribution in [2.75, 3.05) is 12.4 Å². The molecule has 174 valence electrons. The van der Waals surface area contributed by atoms with E-state index in [0.717, 1.165) is 35.9 Å². The highest BCUT2D eigenvalue weighted by atomic mass is 32.1. The summed E-state index contributed by atoms with van der Waals surface area (Å²) in [5.74, 6) is 2.30. The van der Waals surface area contributed by atoms with Crippen molar-refractivity contribution in [3.05, 3.63) is 75.1 Å². The van der Waals surface area contributed by atoms with Gasteiger partial charge in [0.05, 0.1) is 12.5 Å². The molecule has 0 fully saturated rings. The number of amides is 1. The van der Waals surface area contributed by atoms with Gasteiger partial charge in [-0.15, -0.1) is 11.3 Å². The Labute approximate surface area is 200 Å². The van der Waals surface area contributed by atoms with Crippen molar-refractivity contribution in [2.24, 2.45) is 0 Å². The number of nitrogens with zero attached hydrogens (tertiary/aromatic N) is 1. The second kappa shape index (κ2) is 9.69. The standard InChI is InChI=1S/C26H25N3O4S/c1-32-19-7-3-4-8-20(19)33-17-12-10-16(11-13-17)27-23(30)15-14-22-28-25(31)24-18-6-2-5-9-21(18)34-26(24)29-22/h3-4,7-8,10-13H,2,5-6,9,14-15H2,1H3,(H,27,30)(H,28,29,31). The molecule has 4 aromatic rings. The van der Waals surface area contributed by atoms with E-state index in [1.54, 1.807) is 42.7 Å². The average molecular weight is 476 g/mol. The molecule has 2 N–H and O–H groups in total. The number of benzene rings is 2. The Morgan fingerprint density at radius 2 is 1.85 bits per heavy atom. The molecular formula is C26H25N3O4S. The molecule has 2 aromatic heterocycles. The molecule has 0 atom stereocenters. The largest absolute Gasteiger partial charge is 0.493 e. The molecule has 1 aliphatic rings. The van der Waals surface area contributed by atoms with E-state index in [1.807, 2.05) is 24.3 Å². The number of para-hydroxylation sites is 2. The smallest absolute Gasteiger partial charge is 0.259 e. The Morgan fingerprint density at radius 1 is 1.09 bits per heavy atom. The Morgan fingerprint density at radius 3 is 2.65 bits per heavy atom. The average Bonchev–Trinajstić information content (AvgIpc) is 3.23. The van der Waals surface area contributed by atoms with Gasteiger partial charge < -0.3 is 19.8 Å². The van der Waals surface area contributed by atoms with Crippen LogP contribution in [0.15, 0.2) is 53.3 Å².